The van der Waals surface area contributed by atoms with Crippen LogP contribution in [0, 0.1) is 0 Å². The number of methoxy groups -OCH3 is 1. The fourth-order valence-corrected chi connectivity index (χ4v) is 1.72. The molecule has 0 N–H and O–H groups in total. The van der Waals surface area contributed by atoms with Gasteiger partial charge in [-0.2, -0.15) is 0 Å². The minimum atomic E-state index is -0.602. The molecule has 0 radical (unpaired) electrons. The van der Waals surface area contributed by atoms with Crippen molar-refractivity contribution in [2.75, 3.05) is 7.11 Å². The largest absolute Gasteiger partial charge is 0.468 e. The Balaban J connectivity index is 2.65. The summed E-state index contributed by atoms with van der Waals surface area (Å²) in [6.07, 6.45) is 0.507. The van der Waals surface area contributed by atoms with Crippen LogP contribution in [0.15, 0.2) is 24.3 Å². The maximum absolute atomic E-state index is 11.1. The first-order chi connectivity index (χ1) is 7.54. The van der Waals surface area contributed by atoms with E-state index < -0.39 is 5.38 Å². The molecule has 1 unspecified atom stereocenters. The van der Waals surface area contributed by atoms with Crippen molar-refractivity contribution in [3.05, 3.63) is 35.4 Å². The summed E-state index contributed by atoms with van der Waals surface area (Å²) in [5.74, 6) is 0.135. The van der Waals surface area contributed by atoms with Gasteiger partial charge in [0.05, 0.1) is 7.11 Å². The standard InChI is InChI=1S/C13H17ClO2/c1-9(2)11-6-4-10(5-7-11)8-12(14)13(15)16-3/h4-7,9,12H,8H2,1-3H3. The lowest BCUT2D eigenvalue weighted by molar-refractivity contribution is -0.140. The van der Waals surface area contributed by atoms with Gasteiger partial charge in [-0.3, -0.25) is 4.79 Å². The molecule has 0 saturated heterocycles. The van der Waals surface area contributed by atoms with Crippen LogP contribution in [0.5, 0.6) is 0 Å². The highest BCUT2D eigenvalue weighted by Gasteiger charge is 2.15. The van der Waals surface area contributed by atoms with Gasteiger partial charge in [0.15, 0.2) is 0 Å². The first-order valence-electron chi connectivity index (χ1n) is 5.35. The fourth-order valence-electron chi connectivity index (χ4n) is 1.46. The molecule has 0 saturated carbocycles. The molecule has 0 amide bonds. The number of carbonyl (C=O) groups is 1. The summed E-state index contributed by atoms with van der Waals surface area (Å²) >= 11 is 5.89. The monoisotopic (exact) mass is 240 g/mol. The van der Waals surface area contributed by atoms with E-state index in [0.717, 1.165) is 5.56 Å². The van der Waals surface area contributed by atoms with Gasteiger partial charge >= 0.3 is 5.97 Å². The van der Waals surface area contributed by atoms with Crippen LogP contribution in [0.3, 0.4) is 0 Å². The topological polar surface area (TPSA) is 26.3 Å². The number of halogens is 1. The average Bonchev–Trinajstić information content (AvgIpc) is 2.28. The van der Waals surface area contributed by atoms with Crippen molar-refractivity contribution in [2.24, 2.45) is 0 Å². The lowest BCUT2D eigenvalue weighted by atomic mass is 10.0. The number of carbonyl (C=O) groups excluding carboxylic acids is 1. The van der Waals surface area contributed by atoms with Crippen molar-refractivity contribution in [3.8, 4) is 0 Å². The van der Waals surface area contributed by atoms with Gasteiger partial charge in [-0.1, -0.05) is 38.1 Å². The first-order valence-corrected chi connectivity index (χ1v) is 5.79. The molecule has 0 aliphatic heterocycles. The van der Waals surface area contributed by atoms with Crippen molar-refractivity contribution in [3.63, 3.8) is 0 Å². The summed E-state index contributed by atoms with van der Waals surface area (Å²) in [6.45, 7) is 4.29. The molecule has 0 spiro atoms. The second-order valence-corrected chi connectivity index (χ2v) is 4.62. The third kappa shape index (κ3) is 3.53. The molecule has 0 aliphatic carbocycles. The van der Waals surface area contributed by atoms with Gasteiger partial charge in [-0.25, -0.2) is 0 Å². The van der Waals surface area contributed by atoms with Crippen LogP contribution in [-0.4, -0.2) is 18.5 Å². The summed E-state index contributed by atoms with van der Waals surface area (Å²) in [6, 6.07) is 8.16. The molecule has 1 aromatic carbocycles. The van der Waals surface area contributed by atoms with Crippen LogP contribution in [0.1, 0.15) is 30.9 Å². The zero-order valence-corrected chi connectivity index (χ0v) is 10.6. The van der Waals surface area contributed by atoms with Gasteiger partial charge in [0.2, 0.25) is 0 Å². The van der Waals surface area contributed by atoms with Crippen LogP contribution in [-0.2, 0) is 16.0 Å². The third-order valence-electron chi connectivity index (χ3n) is 2.52. The molecule has 16 heavy (non-hydrogen) atoms. The summed E-state index contributed by atoms with van der Waals surface area (Å²) in [7, 11) is 1.35. The number of hydrogen-bond acceptors (Lipinski definition) is 2. The van der Waals surface area contributed by atoms with Crippen LogP contribution in [0.25, 0.3) is 0 Å². The molecule has 1 atom stereocenters. The number of ether oxygens (including phenoxy) is 1. The maximum Gasteiger partial charge on any atom is 0.324 e. The Hall–Kier alpha value is -1.02. The van der Waals surface area contributed by atoms with Gasteiger partial charge < -0.3 is 4.74 Å². The lowest BCUT2D eigenvalue weighted by Crippen LogP contribution is -2.18. The number of esters is 1. The number of rotatable bonds is 4. The van der Waals surface area contributed by atoms with Gasteiger partial charge in [0.1, 0.15) is 5.38 Å². The second-order valence-electron chi connectivity index (χ2n) is 4.09. The molecule has 0 heterocycles. The van der Waals surface area contributed by atoms with Gasteiger partial charge in [0.25, 0.3) is 0 Å². The van der Waals surface area contributed by atoms with Crippen molar-refractivity contribution in [1.29, 1.82) is 0 Å². The molecular weight excluding hydrogens is 224 g/mol. The summed E-state index contributed by atoms with van der Waals surface area (Å²) in [4.78, 5) is 11.1. The minimum Gasteiger partial charge on any atom is -0.468 e. The molecule has 3 heteroatoms. The second kappa shape index (κ2) is 5.90. The summed E-state index contributed by atoms with van der Waals surface area (Å²) < 4.78 is 4.58. The Morgan fingerprint density at radius 3 is 2.31 bits per heavy atom. The van der Waals surface area contributed by atoms with Crippen molar-refractivity contribution >= 4 is 17.6 Å². The Morgan fingerprint density at radius 1 is 1.31 bits per heavy atom. The van der Waals surface area contributed by atoms with Crippen molar-refractivity contribution < 1.29 is 9.53 Å². The van der Waals surface area contributed by atoms with Crippen LogP contribution in [0.4, 0.5) is 0 Å². The fraction of sp³-hybridized carbons (Fsp3) is 0.462. The first kappa shape index (κ1) is 13.0. The highest BCUT2D eigenvalue weighted by atomic mass is 35.5. The summed E-state index contributed by atoms with van der Waals surface area (Å²) in [5.41, 5.74) is 2.34. The van der Waals surface area contributed by atoms with Crippen LogP contribution < -0.4 is 0 Å². The molecule has 1 rings (SSSR count). The number of alkyl halides is 1. The molecule has 88 valence electrons. The highest BCUT2D eigenvalue weighted by Crippen LogP contribution is 2.16. The van der Waals surface area contributed by atoms with Gasteiger partial charge in [-0.05, 0) is 23.5 Å². The zero-order chi connectivity index (χ0) is 12.1. The molecule has 0 aliphatic rings. The SMILES string of the molecule is COC(=O)C(Cl)Cc1ccc(C(C)C)cc1. The molecule has 1 aromatic rings. The van der Waals surface area contributed by atoms with Gasteiger partial charge in [0, 0.05) is 0 Å². The normalized spacial score (nSPS) is 12.6. The Kier molecular flexibility index (Phi) is 4.81. The molecule has 0 aromatic heterocycles. The lowest BCUT2D eigenvalue weighted by Gasteiger charge is -2.09. The number of hydrogen-bond donors (Lipinski definition) is 0. The van der Waals surface area contributed by atoms with Crippen molar-refractivity contribution in [2.45, 2.75) is 31.6 Å². The third-order valence-corrected chi connectivity index (χ3v) is 2.85. The van der Waals surface area contributed by atoms with E-state index in [1.165, 1.54) is 12.7 Å². The van der Waals surface area contributed by atoms with Crippen molar-refractivity contribution in [1.82, 2.24) is 0 Å². The molecule has 0 fully saturated rings. The minimum absolute atomic E-state index is 0.380. The van der Waals surface area contributed by atoms with E-state index >= 15 is 0 Å². The van der Waals surface area contributed by atoms with Crippen LogP contribution in [0.2, 0.25) is 0 Å². The van der Waals surface area contributed by atoms with E-state index in [1.807, 2.05) is 12.1 Å². The molecular formula is C13H17ClO2. The van der Waals surface area contributed by atoms with E-state index in [2.05, 4.69) is 30.7 Å². The Morgan fingerprint density at radius 2 is 1.88 bits per heavy atom. The average molecular weight is 241 g/mol. The van der Waals surface area contributed by atoms with E-state index in [-0.39, 0.29) is 5.97 Å². The predicted molar refractivity (Wildman–Crippen MR) is 65.9 cm³/mol. The maximum atomic E-state index is 11.1. The Bertz CT molecular complexity index is 343. The predicted octanol–water partition coefficient (Wildman–Crippen LogP) is 3.13. The quantitative estimate of drug-likeness (QED) is 0.597. The smallest absolute Gasteiger partial charge is 0.324 e. The van der Waals surface area contributed by atoms with E-state index in [1.54, 1.807) is 0 Å². The zero-order valence-electron chi connectivity index (χ0n) is 9.87. The molecule has 0 bridgehead atoms. The van der Waals surface area contributed by atoms with E-state index in [4.69, 9.17) is 11.6 Å². The highest BCUT2D eigenvalue weighted by molar-refractivity contribution is 6.30. The van der Waals surface area contributed by atoms with E-state index in [0.29, 0.717) is 12.3 Å². The number of benzene rings is 1. The van der Waals surface area contributed by atoms with Crippen LogP contribution >= 0.6 is 11.6 Å². The van der Waals surface area contributed by atoms with E-state index in [9.17, 15) is 4.79 Å². The molecule has 2 nitrogen and oxygen atoms in total. The summed E-state index contributed by atoms with van der Waals surface area (Å²) in [5, 5.41) is -0.602. The van der Waals surface area contributed by atoms with Gasteiger partial charge in [-0.15, -0.1) is 11.6 Å². The Labute approximate surface area is 102 Å².